The number of nitrogens with zero attached hydrogens (tertiary/aromatic N) is 1. The van der Waals surface area contributed by atoms with E-state index in [-0.39, 0.29) is 0 Å². The third-order valence-corrected chi connectivity index (χ3v) is 5.71. The van der Waals surface area contributed by atoms with E-state index in [0.29, 0.717) is 0 Å². The molecule has 3 rings (SSSR count). The Hall–Kier alpha value is -0.900. The maximum absolute atomic E-state index is 2.36. The van der Waals surface area contributed by atoms with Crippen molar-refractivity contribution in [2.75, 3.05) is 0 Å². The molecule has 1 nitrogen and oxygen atoms in total. The minimum Gasteiger partial charge on any atom is -0.181 e. The van der Waals surface area contributed by atoms with Crippen LogP contribution in [0.15, 0.2) is 52.3 Å². The minimum atomic E-state index is 0.976. The van der Waals surface area contributed by atoms with Gasteiger partial charge in [0.25, 0.3) is 0 Å². The fourth-order valence-corrected chi connectivity index (χ4v) is 4.57. The molecule has 0 bridgehead atoms. The summed E-state index contributed by atoms with van der Waals surface area (Å²) in [4.78, 5) is 2.85. The van der Waals surface area contributed by atoms with Gasteiger partial charge in [-0.1, -0.05) is 42.5 Å². The summed E-state index contributed by atoms with van der Waals surface area (Å²) in [6.45, 7) is 5.36. The summed E-state index contributed by atoms with van der Waals surface area (Å²) in [5, 5.41) is 0. The Balaban J connectivity index is 1.81. The summed E-state index contributed by atoms with van der Waals surface area (Å²) in [5.74, 6) is 0. The zero-order valence-electron chi connectivity index (χ0n) is 10.5. The lowest BCUT2D eigenvalue weighted by Gasteiger charge is -2.11. The summed E-state index contributed by atoms with van der Waals surface area (Å²) in [5.41, 5.74) is 4.12. The molecule has 0 aromatic heterocycles. The van der Waals surface area contributed by atoms with Gasteiger partial charge in [0, 0.05) is 16.3 Å². The lowest BCUT2D eigenvalue weighted by atomic mass is 10.2. The SMILES string of the molecule is Cc1ccc(C)c2c1SN(Cc1ccccc1)S2. The number of aryl methyl sites for hydroxylation is 2. The normalized spacial score (nSPS) is 14.8. The third kappa shape index (κ3) is 2.30. The van der Waals surface area contributed by atoms with Crippen LogP contribution in [-0.4, -0.2) is 3.71 Å². The van der Waals surface area contributed by atoms with Crippen molar-refractivity contribution in [3.8, 4) is 0 Å². The van der Waals surface area contributed by atoms with Crippen LogP contribution in [-0.2, 0) is 6.54 Å². The van der Waals surface area contributed by atoms with Gasteiger partial charge >= 0.3 is 0 Å². The number of benzene rings is 2. The number of fused-ring (bicyclic) bond motifs is 1. The Labute approximate surface area is 117 Å². The van der Waals surface area contributed by atoms with Gasteiger partial charge in [-0.05, 0) is 54.4 Å². The van der Waals surface area contributed by atoms with Crippen molar-refractivity contribution in [3.63, 3.8) is 0 Å². The van der Waals surface area contributed by atoms with Gasteiger partial charge in [-0.25, -0.2) is 0 Å². The molecule has 0 N–H and O–H groups in total. The molecule has 3 heteroatoms. The first-order valence-electron chi connectivity index (χ1n) is 6.01. The molecule has 0 unspecified atom stereocenters. The molecule has 0 atom stereocenters. The number of rotatable bonds is 2. The molecule has 2 aromatic rings. The highest BCUT2D eigenvalue weighted by atomic mass is 32.2. The summed E-state index contributed by atoms with van der Waals surface area (Å²) in [6.07, 6.45) is 0. The van der Waals surface area contributed by atoms with Crippen molar-refractivity contribution in [1.29, 1.82) is 0 Å². The van der Waals surface area contributed by atoms with Crippen LogP contribution in [0.4, 0.5) is 0 Å². The Bertz CT molecular complexity index is 535. The molecule has 1 heterocycles. The van der Waals surface area contributed by atoms with E-state index in [1.165, 1.54) is 26.5 Å². The quantitative estimate of drug-likeness (QED) is 0.721. The molecule has 0 spiro atoms. The van der Waals surface area contributed by atoms with Crippen molar-refractivity contribution >= 4 is 23.9 Å². The van der Waals surface area contributed by atoms with Crippen molar-refractivity contribution in [3.05, 3.63) is 59.2 Å². The first-order valence-corrected chi connectivity index (χ1v) is 7.56. The molecule has 2 aromatic carbocycles. The van der Waals surface area contributed by atoms with Crippen molar-refractivity contribution in [2.24, 2.45) is 0 Å². The van der Waals surface area contributed by atoms with Gasteiger partial charge in [0.1, 0.15) is 0 Å². The van der Waals surface area contributed by atoms with Gasteiger partial charge in [-0.2, -0.15) is 3.71 Å². The van der Waals surface area contributed by atoms with E-state index in [0.717, 1.165) is 6.54 Å². The van der Waals surface area contributed by atoms with Gasteiger partial charge in [-0.15, -0.1) is 0 Å². The maximum atomic E-state index is 2.36. The van der Waals surface area contributed by atoms with Gasteiger partial charge in [0.05, 0.1) is 0 Å². The second-order valence-corrected chi connectivity index (χ2v) is 6.81. The molecule has 1 aliphatic rings. The van der Waals surface area contributed by atoms with E-state index in [9.17, 15) is 0 Å². The zero-order valence-corrected chi connectivity index (χ0v) is 12.1. The van der Waals surface area contributed by atoms with Crippen LogP contribution in [0.2, 0.25) is 0 Å². The minimum absolute atomic E-state index is 0.976. The fraction of sp³-hybridized carbons (Fsp3) is 0.200. The average Bonchev–Trinajstić information content (AvgIpc) is 2.80. The Morgan fingerprint density at radius 3 is 1.94 bits per heavy atom. The smallest absolute Gasteiger partial charge is 0.0460 e. The molecule has 1 aliphatic heterocycles. The molecule has 0 saturated carbocycles. The van der Waals surface area contributed by atoms with Gasteiger partial charge in [0.2, 0.25) is 0 Å². The Morgan fingerprint density at radius 2 is 1.39 bits per heavy atom. The van der Waals surface area contributed by atoms with Gasteiger partial charge < -0.3 is 0 Å². The van der Waals surface area contributed by atoms with Crippen LogP contribution in [0.1, 0.15) is 16.7 Å². The van der Waals surface area contributed by atoms with E-state index in [2.05, 4.69) is 60.0 Å². The third-order valence-electron chi connectivity index (χ3n) is 3.05. The molecule has 0 aliphatic carbocycles. The fourth-order valence-electron chi connectivity index (χ4n) is 2.01. The van der Waals surface area contributed by atoms with Crippen LogP contribution < -0.4 is 0 Å². The highest BCUT2D eigenvalue weighted by Gasteiger charge is 2.24. The van der Waals surface area contributed by atoms with E-state index < -0.39 is 0 Å². The number of hydrogen-bond acceptors (Lipinski definition) is 3. The largest absolute Gasteiger partial charge is 0.181 e. The van der Waals surface area contributed by atoms with E-state index in [1.807, 2.05) is 23.9 Å². The Kier molecular flexibility index (Phi) is 3.37. The van der Waals surface area contributed by atoms with E-state index in [1.54, 1.807) is 0 Å². The van der Waals surface area contributed by atoms with Crippen molar-refractivity contribution in [1.82, 2.24) is 3.71 Å². The van der Waals surface area contributed by atoms with Gasteiger partial charge in [0.15, 0.2) is 0 Å². The second-order valence-electron chi connectivity index (χ2n) is 4.52. The molecular formula is C15H15NS2. The standard InChI is InChI=1S/C15H15NS2/c1-11-8-9-12(2)15-14(11)17-16(18-15)10-13-6-4-3-5-7-13/h3-9H,10H2,1-2H3. The lowest BCUT2D eigenvalue weighted by molar-refractivity contribution is 0.748. The summed E-state index contributed by atoms with van der Waals surface area (Å²) >= 11 is 3.74. The topological polar surface area (TPSA) is 3.24 Å². The number of hydrogen-bond donors (Lipinski definition) is 0. The molecule has 0 radical (unpaired) electrons. The van der Waals surface area contributed by atoms with Crippen LogP contribution in [0.25, 0.3) is 0 Å². The molecular weight excluding hydrogens is 258 g/mol. The highest BCUT2D eigenvalue weighted by Crippen LogP contribution is 2.50. The molecule has 0 saturated heterocycles. The maximum Gasteiger partial charge on any atom is 0.0460 e. The molecule has 0 amide bonds. The van der Waals surface area contributed by atoms with E-state index in [4.69, 9.17) is 0 Å². The lowest BCUT2D eigenvalue weighted by Crippen LogP contribution is -2.01. The van der Waals surface area contributed by atoms with Crippen molar-refractivity contribution in [2.45, 2.75) is 30.2 Å². The first kappa shape index (κ1) is 12.2. The summed E-state index contributed by atoms with van der Waals surface area (Å²) in [7, 11) is 0. The monoisotopic (exact) mass is 273 g/mol. The van der Waals surface area contributed by atoms with Crippen LogP contribution in [0, 0.1) is 13.8 Å². The first-order chi connectivity index (χ1) is 8.74. The average molecular weight is 273 g/mol. The second kappa shape index (κ2) is 5.00. The van der Waals surface area contributed by atoms with E-state index >= 15 is 0 Å². The predicted molar refractivity (Wildman–Crippen MR) is 79.6 cm³/mol. The summed E-state index contributed by atoms with van der Waals surface area (Å²) < 4.78 is 2.36. The van der Waals surface area contributed by atoms with Crippen LogP contribution in [0.3, 0.4) is 0 Å². The van der Waals surface area contributed by atoms with Crippen LogP contribution >= 0.6 is 23.9 Å². The highest BCUT2D eigenvalue weighted by molar-refractivity contribution is 8.14. The van der Waals surface area contributed by atoms with Crippen LogP contribution in [0.5, 0.6) is 0 Å². The Morgan fingerprint density at radius 1 is 0.833 bits per heavy atom. The zero-order chi connectivity index (χ0) is 12.5. The molecule has 18 heavy (non-hydrogen) atoms. The van der Waals surface area contributed by atoms with Gasteiger partial charge in [-0.3, -0.25) is 0 Å². The molecule has 0 fully saturated rings. The predicted octanol–water partition coefficient (Wildman–Crippen LogP) is 4.83. The molecule has 92 valence electrons. The van der Waals surface area contributed by atoms with Crippen molar-refractivity contribution < 1.29 is 0 Å². The summed E-state index contributed by atoms with van der Waals surface area (Å²) in [6, 6.07) is 15.1.